The van der Waals surface area contributed by atoms with Crippen molar-refractivity contribution >= 4 is 21.8 Å². The minimum absolute atomic E-state index is 0.0487. The molecule has 0 atom stereocenters. The van der Waals surface area contributed by atoms with E-state index in [1.54, 1.807) is 26.0 Å². The molecule has 6 nitrogen and oxygen atoms in total. The van der Waals surface area contributed by atoms with Crippen molar-refractivity contribution in [3.63, 3.8) is 0 Å². The lowest BCUT2D eigenvalue weighted by atomic mass is 10.1. The zero-order chi connectivity index (χ0) is 17.0. The Bertz CT molecular complexity index is 768. The number of amides is 1. The minimum Gasteiger partial charge on any atom is -0.355 e. The van der Waals surface area contributed by atoms with Crippen LogP contribution in [-0.4, -0.2) is 26.6 Å². The number of rotatable bonds is 5. The van der Waals surface area contributed by atoms with Gasteiger partial charge in [0.2, 0.25) is 5.91 Å². The van der Waals surface area contributed by atoms with E-state index in [9.17, 15) is 17.6 Å². The van der Waals surface area contributed by atoms with Gasteiger partial charge < -0.3 is 5.32 Å². The summed E-state index contributed by atoms with van der Waals surface area (Å²) >= 11 is 0. The summed E-state index contributed by atoms with van der Waals surface area (Å²) in [5, 5.41) is 2.76. The van der Waals surface area contributed by atoms with E-state index in [2.05, 4.69) is 14.4 Å². The summed E-state index contributed by atoms with van der Waals surface area (Å²) in [4.78, 5) is 12.0. The van der Waals surface area contributed by atoms with Gasteiger partial charge in [-0.2, -0.15) is 8.42 Å². The zero-order valence-electron chi connectivity index (χ0n) is 12.9. The first-order valence-electron chi connectivity index (χ1n) is 7.07. The molecule has 0 aliphatic carbocycles. The Hall–Kier alpha value is -2.22. The number of benzene rings is 1. The Kier molecular flexibility index (Phi) is 5.15. The van der Waals surface area contributed by atoms with Gasteiger partial charge in [0.1, 0.15) is 5.82 Å². The van der Waals surface area contributed by atoms with Crippen LogP contribution in [0.3, 0.4) is 0 Å². The summed E-state index contributed by atoms with van der Waals surface area (Å²) in [5.41, 5.74) is 2.21. The van der Waals surface area contributed by atoms with E-state index in [0.29, 0.717) is 29.9 Å². The first-order chi connectivity index (χ1) is 10.8. The molecule has 1 heterocycles. The van der Waals surface area contributed by atoms with Gasteiger partial charge in [0.15, 0.2) is 0 Å². The fraction of sp³-hybridized carbons (Fsp3) is 0.333. The van der Waals surface area contributed by atoms with Crippen molar-refractivity contribution in [2.24, 2.45) is 4.40 Å². The van der Waals surface area contributed by atoms with E-state index in [-0.39, 0.29) is 18.1 Å². The van der Waals surface area contributed by atoms with Gasteiger partial charge in [-0.3, -0.25) is 9.52 Å². The normalized spacial score (nSPS) is 16.6. The first-order valence-corrected chi connectivity index (χ1v) is 8.51. The standard InChI is InChI=1S/C15H18FN3O3S/c1-10-14(11(2)19-23(21,22)18-10)9-15(20)17-8-7-12-3-5-13(16)6-4-12/h3-6,18H,7-9H2,1-2H3,(H,17,20). The number of nitrogens with zero attached hydrogens (tertiary/aromatic N) is 1. The average molecular weight is 339 g/mol. The lowest BCUT2D eigenvalue weighted by Gasteiger charge is -2.17. The van der Waals surface area contributed by atoms with Crippen molar-refractivity contribution in [1.82, 2.24) is 10.0 Å². The molecule has 0 aromatic heterocycles. The Labute approximate surface area is 134 Å². The topological polar surface area (TPSA) is 87.6 Å². The summed E-state index contributed by atoms with van der Waals surface area (Å²) in [6.07, 6.45) is 0.636. The summed E-state index contributed by atoms with van der Waals surface area (Å²) in [6.45, 7) is 3.57. The molecule has 23 heavy (non-hydrogen) atoms. The van der Waals surface area contributed by atoms with Crippen molar-refractivity contribution in [3.05, 3.63) is 46.9 Å². The largest absolute Gasteiger partial charge is 0.355 e. The van der Waals surface area contributed by atoms with Gasteiger partial charge in [-0.05, 0) is 38.0 Å². The summed E-state index contributed by atoms with van der Waals surface area (Å²) in [7, 11) is -3.69. The van der Waals surface area contributed by atoms with E-state index < -0.39 is 10.2 Å². The second-order valence-electron chi connectivity index (χ2n) is 5.26. The van der Waals surface area contributed by atoms with Gasteiger partial charge in [0, 0.05) is 17.8 Å². The summed E-state index contributed by atoms with van der Waals surface area (Å²) in [6, 6.07) is 6.08. The van der Waals surface area contributed by atoms with E-state index in [1.807, 2.05) is 0 Å². The first kappa shape index (κ1) is 17.1. The molecule has 0 saturated heterocycles. The van der Waals surface area contributed by atoms with Crippen molar-refractivity contribution in [3.8, 4) is 0 Å². The predicted molar refractivity (Wildman–Crippen MR) is 85.6 cm³/mol. The number of halogens is 1. The van der Waals surface area contributed by atoms with Crippen LogP contribution in [0.1, 0.15) is 25.8 Å². The highest BCUT2D eigenvalue weighted by molar-refractivity contribution is 7.88. The van der Waals surface area contributed by atoms with Crippen LogP contribution >= 0.6 is 0 Å². The Morgan fingerprint density at radius 2 is 1.91 bits per heavy atom. The molecule has 1 amide bonds. The molecule has 0 saturated carbocycles. The van der Waals surface area contributed by atoms with Crippen molar-refractivity contribution in [2.45, 2.75) is 26.7 Å². The number of hydrogen-bond donors (Lipinski definition) is 2. The van der Waals surface area contributed by atoms with Crippen molar-refractivity contribution < 1.29 is 17.6 Å². The smallest absolute Gasteiger partial charge is 0.342 e. The maximum atomic E-state index is 12.8. The number of carbonyl (C=O) groups excluding carboxylic acids is 1. The van der Waals surface area contributed by atoms with Gasteiger partial charge in [0.25, 0.3) is 0 Å². The van der Waals surface area contributed by atoms with E-state index in [4.69, 9.17) is 0 Å². The van der Waals surface area contributed by atoms with E-state index in [0.717, 1.165) is 5.56 Å². The molecule has 2 rings (SSSR count). The molecule has 0 fully saturated rings. The maximum absolute atomic E-state index is 12.8. The van der Waals surface area contributed by atoms with Crippen LogP contribution in [0.15, 0.2) is 39.9 Å². The van der Waals surface area contributed by atoms with Gasteiger partial charge in [0.05, 0.1) is 12.1 Å². The molecular formula is C15H18FN3O3S. The Morgan fingerprint density at radius 1 is 1.26 bits per heavy atom. The van der Waals surface area contributed by atoms with Gasteiger partial charge >= 0.3 is 10.2 Å². The fourth-order valence-corrected chi connectivity index (χ4v) is 3.29. The fourth-order valence-electron chi connectivity index (χ4n) is 2.27. The third kappa shape index (κ3) is 4.88. The van der Waals surface area contributed by atoms with Crippen LogP contribution in [0.25, 0.3) is 0 Å². The lowest BCUT2D eigenvalue weighted by molar-refractivity contribution is -0.120. The molecule has 1 aliphatic rings. The third-order valence-electron chi connectivity index (χ3n) is 3.42. The molecule has 0 bridgehead atoms. The number of hydrogen-bond acceptors (Lipinski definition) is 3. The molecule has 2 N–H and O–H groups in total. The highest BCUT2D eigenvalue weighted by Gasteiger charge is 2.21. The summed E-state index contributed by atoms with van der Waals surface area (Å²) < 4.78 is 41.4. The highest BCUT2D eigenvalue weighted by Crippen LogP contribution is 2.16. The quantitative estimate of drug-likeness (QED) is 0.851. The van der Waals surface area contributed by atoms with Gasteiger partial charge in [-0.1, -0.05) is 12.1 Å². The van der Waals surface area contributed by atoms with Gasteiger partial charge in [-0.25, -0.2) is 4.39 Å². The average Bonchev–Trinajstić information content (AvgIpc) is 2.44. The molecule has 0 spiro atoms. The SMILES string of the molecule is CC1=NS(=O)(=O)NC(C)=C1CC(=O)NCCc1ccc(F)cc1. The second kappa shape index (κ2) is 6.91. The lowest BCUT2D eigenvalue weighted by Crippen LogP contribution is -2.31. The number of allylic oxidation sites excluding steroid dienone is 1. The van der Waals surface area contributed by atoms with Crippen LogP contribution < -0.4 is 10.0 Å². The van der Waals surface area contributed by atoms with Crippen LogP contribution in [0, 0.1) is 5.82 Å². The summed E-state index contributed by atoms with van der Waals surface area (Å²) in [5.74, 6) is -0.521. The molecule has 0 unspecified atom stereocenters. The molecule has 8 heteroatoms. The number of carbonyl (C=O) groups is 1. The molecule has 1 aliphatic heterocycles. The molecule has 0 radical (unpaired) electrons. The zero-order valence-corrected chi connectivity index (χ0v) is 13.7. The van der Waals surface area contributed by atoms with Crippen LogP contribution in [0.5, 0.6) is 0 Å². The molecule has 1 aromatic carbocycles. The van der Waals surface area contributed by atoms with E-state index >= 15 is 0 Å². The maximum Gasteiger partial charge on any atom is 0.342 e. The monoisotopic (exact) mass is 339 g/mol. The van der Waals surface area contributed by atoms with Gasteiger partial charge in [-0.15, -0.1) is 4.40 Å². The Morgan fingerprint density at radius 3 is 2.52 bits per heavy atom. The van der Waals surface area contributed by atoms with Crippen LogP contribution in [0.4, 0.5) is 4.39 Å². The van der Waals surface area contributed by atoms with Crippen LogP contribution in [-0.2, 0) is 21.4 Å². The minimum atomic E-state index is -3.69. The van der Waals surface area contributed by atoms with E-state index in [1.165, 1.54) is 12.1 Å². The third-order valence-corrected chi connectivity index (χ3v) is 4.49. The molecule has 1 aromatic rings. The Balaban J connectivity index is 1.88. The predicted octanol–water partition coefficient (Wildman–Crippen LogP) is 1.46. The van der Waals surface area contributed by atoms with Crippen molar-refractivity contribution in [1.29, 1.82) is 0 Å². The molecular weight excluding hydrogens is 321 g/mol. The molecule has 124 valence electrons. The second-order valence-corrected chi connectivity index (χ2v) is 6.60. The van der Waals surface area contributed by atoms with Crippen molar-refractivity contribution in [2.75, 3.05) is 6.54 Å². The van der Waals surface area contributed by atoms with Crippen LogP contribution in [0.2, 0.25) is 0 Å². The highest BCUT2D eigenvalue weighted by atomic mass is 32.2. The number of nitrogens with one attached hydrogen (secondary N) is 2.